The molecular formula is C61H98N4O18. The normalized spacial score (nSPS) is 19.1. The Morgan fingerprint density at radius 1 is 0.578 bits per heavy atom. The topological polar surface area (TPSA) is 284 Å². The van der Waals surface area contributed by atoms with Gasteiger partial charge < -0.3 is 58.7 Å². The van der Waals surface area contributed by atoms with Crippen molar-refractivity contribution in [3.8, 4) is 0 Å². The summed E-state index contributed by atoms with van der Waals surface area (Å²) in [7, 11) is 2.46. The molecule has 470 valence electrons. The van der Waals surface area contributed by atoms with Crippen LogP contribution in [0.3, 0.4) is 0 Å². The van der Waals surface area contributed by atoms with Crippen LogP contribution < -0.4 is 16.0 Å². The zero-order chi connectivity index (χ0) is 61.1. The monoisotopic (exact) mass is 1170 g/mol. The Morgan fingerprint density at radius 3 is 1.35 bits per heavy atom. The lowest BCUT2D eigenvalue weighted by molar-refractivity contribution is -0.192. The molecule has 2 unspecified atom stereocenters. The number of nitrogens with one attached hydrogen (secondary N) is 3. The minimum absolute atomic E-state index is 0. The highest BCUT2D eigenvalue weighted by Crippen LogP contribution is 2.26. The van der Waals surface area contributed by atoms with E-state index in [4.69, 9.17) is 37.9 Å². The summed E-state index contributed by atoms with van der Waals surface area (Å²) in [6, 6.07) is 6.50. The van der Waals surface area contributed by atoms with Crippen LogP contribution in [0.15, 0.2) is 48.6 Å². The Morgan fingerprint density at radius 2 is 0.964 bits per heavy atom. The molecule has 2 saturated heterocycles. The van der Waals surface area contributed by atoms with E-state index in [0.717, 1.165) is 65.4 Å². The first kappa shape index (κ1) is 76.3. The van der Waals surface area contributed by atoms with Gasteiger partial charge in [0.2, 0.25) is 11.8 Å². The molecule has 0 aliphatic carbocycles. The van der Waals surface area contributed by atoms with Crippen LogP contribution in [0.5, 0.6) is 0 Å². The van der Waals surface area contributed by atoms with E-state index in [-0.39, 0.29) is 43.9 Å². The first-order valence-electron chi connectivity index (χ1n) is 27.8. The second-order valence-corrected chi connectivity index (χ2v) is 21.4. The molecule has 1 aromatic rings. The highest BCUT2D eigenvalue weighted by Gasteiger charge is 2.47. The highest BCUT2D eigenvalue weighted by molar-refractivity contribution is 5.91. The summed E-state index contributed by atoms with van der Waals surface area (Å²) in [5.41, 5.74) is 2.17. The number of esters is 6. The Bertz CT molecular complexity index is 2310. The van der Waals surface area contributed by atoms with Crippen molar-refractivity contribution in [2.45, 2.75) is 229 Å². The molecule has 3 rings (SSSR count). The predicted molar refractivity (Wildman–Crippen MR) is 311 cm³/mol. The molecule has 12 atom stereocenters. The first-order valence-corrected chi connectivity index (χ1v) is 27.8. The number of carbonyl (C=O) groups excluding carboxylic acids is 10. The third-order valence-corrected chi connectivity index (χ3v) is 13.4. The zero-order valence-electron chi connectivity index (χ0n) is 50.1. The van der Waals surface area contributed by atoms with E-state index >= 15 is 0 Å². The van der Waals surface area contributed by atoms with Crippen LogP contribution in [-0.4, -0.2) is 153 Å². The first-order chi connectivity index (χ1) is 38.1. The van der Waals surface area contributed by atoms with Crippen LogP contribution in [0.2, 0.25) is 0 Å². The van der Waals surface area contributed by atoms with Crippen LogP contribution in [-0.2, 0) is 97.8 Å². The van der Waals surface area contributed by atoms with Crippen molar-refractivity contribution in [3.63, 3.8) is 0 Å². The fourth-order valence-electron chi connectivity index (χ4n) is 8.79. The molecule has 0 radical (unpaired) electrons. The van der Waals surface area contributed by atoms with Crippen LogP contribution in [0, 0.1) is 11.8 Å². The summed E-state index contributed by atoms with van der Waals surface area (Å²) in [4.78, 5) is 127. The average molecular weight is 1180 g/mol. The van der Waals surface area contributed by atoms with E-state index in [1.165, 1.54) is 39.7 Å². The summed E-state index contributed by atoms with van der Waals surface area (Å²) in [5.74, 6) is -6.27. The minimum Gasteiger partial charge on any atom is -0.455 e. The molecule has 2 fully saturated rings. The number of rotatable bonds is 26. The summed E-state index contributed by atoms with van der Waals surface area (Å²) < 4.78 is 43.7. The molecule has 0 aromatic heterocycles. The molecule has 0 bridgehead atoms. The molecule has 22 heteroatoms. The van der Waals surface area contributed by atoms with Gasteiger partial charge in [0, 0.05) is 75.4 Å². The smallest absolute Gasteiger partial charge is 0.303 e. The van der Waals surface area contributed by atoms with E-state index in [9.17, 15) is 47.9 Å². The van der Waals surface area contributed by atoms with Gasteiger partial charge in [-0.25, -0.2) is 0 Å². The fraction of sp³-hybridized carbons (Fsp3) is 0.672. The molecule has 2 aliphatic heterocycles. The number of allylic oxidation sites excluding steroid dienone is 2. The van der Waals surface area contributed by atoms with Crippen molar-refractivity contribution >= 4 is 59.4 Å². The number of methoxy groups -OCH3 is 2. The van der Waals surface area contributed by atoms with E-state index in [1.54, 1.807) is 23.1 Å². The number of benzene rings is 1. The van der Waals surface area contributed by atoms with Gasteiger partial charge in [-0.05, 0) is 79.1 Å². The largest absolute Gasteiger partial charge is 0.455 e. The second-order valence-electron chi connectivity index (χ2n) is 21.4. The molecule has 83 heavy (non-hydrogen) atoms. The Kier molecular flexibility index (Phi) is 35.2. The molecule has 0 saturated carbocycles. The molecule has 2 aliphatic rings. The quantitative estimate of drug-likeness (QED) is 0.0486. The zero-order valence-corrected chi connectivity index (χ0v) is 50.1. The van der Waals surface area contributed by atoms with Gasteiger partial charge in [-0.1, -0.05) is 113 Å². The lowest BCUT2D eigenvalue weighted by Crippen LogP contribution is -2.58. The molecule has 1 aromatic carbocycles. The van der Waals surface area contributed by atoms with E-state index in [1.807, 2.05) is 39.8 Å². The van der Waals surface area contributed by atoms with Gasteiger partial charge in [-0.3, -0.25) is 47.9 Å². The molecule has 3 N–H and O–H groups in total. The SMILES string of the molecule is C.C.CCC(C)/C=C/[C@@H](OC(C)=O)[C@H](OC(C)=O)[C@@H](OC(C)=O)[C@@H](OC)C(=O)N[C@H]1CCCCN(Cc2ccc(C(C)(C)C)cc2)C1=O.CCC(C)/C=C/[C@@H](OC(C)=O)[C@H](OC(C)=O)[C@@H](OC(C)=O)[C@@H](OC)C(=O)N[C@H]1CCCCNC1=O. The van der Waals surface area contributed by atoms with Crippen molar-refractivity contribution < 1.29 is 85.8 Å². The number of hydrogen-bond acceptors (Lipinski definition) is 18. The van der Waals surface area contributed by atoms with Crippen LogP contribution in [0.4, 0.5) is 0 Å². The third-order valence-electron chi connectivity index (χ3n) is 13.4. The van der Waals surface area contributed by atoms with Crippen molar-refractivity contribution in [1.82, 2.24) is 20.9 Å². The van der Waals surface area contributed by atoms with Crippen LogP contribution >= 0.6 is 0 Å². The number of ether oxygens (including phenoxy) is 8. The molecule has 22 nitrogen and oxygen atoms in total. The second kappa shape index (κ2) is 38.2. The molecule has 2 heterocycles. The van der Waals surface area contributed by atoms with Gasteiger partial charge in [0.25, 0.3) is 11.8 Å². The van der Waals surface area contributed by atoms with Gasteiger partial charge >= 0.3 is 35.8 Å². The fourth-order valence-corrected chi connectivity index (χ4v) is 8.79. The van der Waals surface area contributed by atoms with Crippen molar-refractivity contribution in [1.29, 1.82) is 0 Å². The Balaban J connectivity index is 0.00000164. The number of likely N-dealkylation sites (tertiary alicyclic amines) is 1. The van der Waals surface area contributed by atoms with Crippen molar-refractivity contribution in [2.75, 3.05) is 27.3 Å². The number of carbonyl (C=O) groups is 10. The lowest BCUT2D eigenvalue weighted by atomic mass is 9.87. The predicted octanol–water partition coefficient (Wildman–Crippen LogP) is 6.85. The van der Waals surface area contributed by atoms with E-state index in [2.05, 4.69) is 48.9 Å². The van der Waals surface area contributed by atoms with E-state index in [0.29, 0.717) is 38.9 Å². The van der Waals surface area contributed by atoms with Gasteiger partial charge in [-0.15, -0.1) is 0 Å². The van der Waals surface area contributed by atoms with Crippen molar-refractivity contribution in [3.05, 3.63) is 59.7 Å². The Labute approximate surface area is 492 Å². The lowest BCUT2D eigenvalue weighted by Gasteiger charge is -2.34. The summed E-state index contributed by atoms with van der Waals surface area (Å²) in [6.45, 7) is 22.6. The number of hydrogen-bond donors (Lipinski definition) is 3. The van der Waals surface area contributed by atoms with Gasteiger partial charge in [-0.2, -0.15) is 0 Å². The summed E-state index contributed by atoms with van der Waals surface area (Å²) in [6.07, 6.45) is 0.791. The van der Waals surface area contributed by atoms with Gasteiger partial charge in [0.1, 0.15) is 12.1 Å². The van der Waals surface area contributed by atoms with Crippen molar-refractivity contribution in [2.24, 2.45) is 11.8 Å². The number of nitrogens with zero attached hydrogens (tertiary/aromatic N) is 1. The van der Waals surface area contributed by atoms with Crippen LogP contribution in [0.1, 0.15) is 167 Å². The standard InChI is InChI=1S/C35H52N2O9.C24H38N2O9.2CH4/c1-10-22(2)14-19-29(44-23(3)38)30(45-24(4)39)31(46-25(5)40)32(43-9)33(41)36-28-13-11-12-20-37(34(28)42)21-26-15-17-27(18-16-26)35(6,7)8;1-7-14(2)11-12-19(33-15(3)27)20(34-16(4)28)21(35-17(5)29)22(32-6)24(31)26-18-10-8-9-13-25-23(18)30;;/h14-19,22,28-32H,10-13,20-21H2,1-9H3,(H,36,41);11-12,14,18-22H,7-10,13H2,1-6H3,(H,25,30)(H,26,31);2*1H4/b19-14+;12-11+;;/t22?,28-,29+,30-,31+,32+;14?,18-,19+,20-,21+,22+;;/m00../s1. The molecular weight excluding hydrogens is 1080 g/mol. The summed E-state index contributed by atoms with van der Waals surface area (Å²) in [5, 5.41) is 8.14. The third kappa shape index (κ3) is 27.1. The maximum atomic E-state index is 13.8. The average Bonchev–Trinajstić information content (AvgIpc) is 3.87. The van der Waals surface area contributed by atoms with E-state index < -0.39 is 109 Å². The van der Waals surface area contributed by atoms with Gasteiger partial charge in [0.15, 0.2) is 48.8 Å². The van der Waals surface area contributed by atoms with Crippen LogP contribution in [0.25, 0.3) is 0 Å². The van der Waals surface area contributed by atoms with Gasteiger partial charge in [0.05, 0.1) is 0 Å². The summed E-state index contributed by atoms with van der Waals surface area (Å²) >= 11 is 0. The molecule has 0 spiro atoms. The number of amides is 4. The highest BCUT2D eigenvalue weighted by atomic mass is 16.6. The maximum Gasteiger partial charge on any atom is 0.303 e. The minimum atomic E-state index is -1.52. The maximum absolute atomic E-state index is 13.8. The Hall–Kier alpha value is -6.68. The molecule has 4 amide bonds.